The van der Waals surface area contributed by atoms with E-state index in [2.05, 4.69) is 5.32 Å². The second kappa shape index (κ2) is 6.69. The number of hydrogen-bond acceptors (Lipinski definition) is 5. The second-order valence-corrected chi connectivity index (χ2v) is 5.67. The minimum Gasteiger partial charge on any atom is -0.464 e. The highest BCUT2D eigenvalue weighted by Gasteiger charge is 2.37. The van der Waals surface area contributed by atoms with E-state index in [1.165, 1.54) is 0 Å². The van der Waals surface area contributed by atoms with Crippen molar-refractivity contribution in [2.24, 2.45) is 5.41 Å². The van der Waals surface area contributed by atoms with Gasteiger partial charge in [-0.2, -0.15) is 8.78 Å². The van der Waals surface area contributed by atoms with Crippen LogP contribution in [0.1, 0.15) is 11.5 Å². The molecule has 108 valence electrons. The number of aliphatic hydroxyl groups is 1. The lowest BCUT2D eigenvalue weighted by atomic mass is 9.87. The summed E-state index contributed by atoms with van der Waals surface area (Å²) >= 11 is 0.545. The van der Waals surface area contributed by atoms with Crippen LogP contribution in [0.4, 0.5) is 8.78 Å². The fourth-order valence-electron chi connectivity index (χ4n) is 1.83. The van der Waals surface area contributed by atoms with Crippen LogP contribution in [0.5, 0.6) is 0 Å². The van der Waals surface area contributed by atoms with Crippen LogP contribution in [0.2, 0.25) is 0 Å². The number of thioether (sulfide) groups is 1. The fraction of sp³-hybridized carbons (Fsp3) is 0.667. The summed E-state index contributed by atoms with van der Waals surface area (Å²) in [4.78, 5) is 0. The van der Waals surface area contributed by atoms with Crippen molar-refractivity contribution in [3.63, 3.8) is 0 Å². The molecule has 0 amide bonds. The molecule has 1 aromatic heterocycles. The number of alkyl halides is 2. The van der Waals surface area contributed by atoms with Gasteiger partial charge in [-0.3, -0.25) is 0 Å². The first-order valence-electron chi connectivity index (χ1n) is 6.00. The number of aliphatic hydroxyl groups excluding tert-OH is 1. The topological polar surface area (TPSA) is 54.6 Å². The van der Waals surface area contributed by atoms with Gasteiger partial charge in [0.05, 0.1) is 37.5 Å². The molecule has 1 aromatic rings. The summed E-state index contributed by atoms with van der Waals surface area (Å²) in [6.45, 7) is 2.37. The number of hydrogen-bond donors (Lipinski definition) is 2. The third kappa shape index (κ3) is 4.17. The number of rotatable bonds is 8. The lowest BCUT2D eigenvalue weighted by Gasteiger charge is -2.39. The van der Waals surface area contributed by atoms with Gasteiger partial charge < -0.3 is 19.6 Å². The molecule has 4 nitrogen and oxygen atoms in total. The van der Waals surface area contributed by atoms with E-state index in [0.29, 0.717) is 49.6 Å². The SMILES string of the molecule is OCC1(CNCc2ccc(CSC(F)F)o2)COC1. The van der Waals surface area contributed by atoms with E-state index in [1.807, 2.05) is 0 Å². The first-order valence-corrected chi connectivity index (χ1v) is 7.05. The molecule has 1 fully saturated rings. The van der Waals surface area contributed by atoms with E-state index >= 15 is 0 Å². The molecule has 2 rings (SSSR count). The lowest BCUT2D eigenvalue weighted by molar-refractivity contribution is -0.134. The summed E-state index contributed by atoms with van der Waals surface area (Å²) < 4.78 is 34.6. The highest BCUT2D eigenvalue weighted by molar-refractivity contribution is 7.98. The number of ether oxygens (including phenoxy) is 1. The van der Waals surface area contributed by atoms with Crippen LogP contribution in [-0.2, 0) is 17.0 Å². The Morgan fingerprint density at radius 2 is 2.11 bits per heavy atom. The molecule has 1 aliphatic heterocycles. The van der Waals surface area contributed by atoms with Gasteiger partial charge in [0.25, 0.3) is 5.76 Å². The van der Waals surface area contributed by atoms with Crippen molar-refractivity contribution >= 4 is 11.8 Å². The van der Waals surface area contributed by atoms with E-state index in [1.54, 1.807) is 12.1 Å². The standard InChI is InChI=1S/C12H17F2NO3S/c13-11(14)19-4-10-2-1-9(18-10)3-15-5-12(6-16)7-17-8-12/h1-2,11,15-16H,3-8H2. The van der Waals surface area contributed by atoms with E-state index < -0.39 is 5.76 Å². The summed E-state index contributed by atoms with van der Waals surface area (Å²) in [5, 5.41) is 12.4. The first kappa shape index (κ1) is 14.8. The zero-order valence-corrected chi connectivity index (χ0v) is 11.2. The third-order valence-electron chi connectivity index (χ3n) is 3.02. The van der Waals surface area contributed by atoms with E-state index in [9.17, 15) is 13.9 Å². The molecule has 19 heavy (non-hydrogen) atoms. The molecular formula is C12H17F2NO3S. The van der Waals surface area contributed by atoms with Gasteiger partial charge in [-0.1, -0.05) is 11.8 Å². The molecule has 2 N–H and O–H groups in total. The fourth-order valence-corrected chi connectivity index (χ4v) is 2.28. The largest absolute Gasteiger partial charge is 0.464 e. The van der Waals surface area contributed by atoms with Crippen LogP contribution >= 0.6 is 11.8 Å². The molecule has 0 radical (unpaired) electrons. The van der Waals surface area contributed by atoms with Crippen LogP contribution in [0.25, 0.3) is 0 Å². The normalized spacial score (nSPS) is 17.7. The molecule has 0 aliphatic carbocycles. The molecular weight excluding hydrogens is 276 g/mol. The Bertz CT molecular complexity index is 391. The van der Waals surface area contributed by atoms with Gasteiger partial charge in [-0.15, -0.1) is 0 Å². The smallest absolute Gasteiger partial charge is 0.284 e. The molecule has 1 aliphatic rings. The zero-order valence-electron chi connectivity index (χ0n) is 10.4. The monoisotopic (exact) mass is 293 g/mol. The zero-order chi connectivity index (χ0) is 13.7. The minimum absolute atomic E-state index is 0.0917. The molecule has 0 saturated carbocycles. The molecule has 0 atom stereocenters. The third-order valence-corrected chi connectivity index (χ3v) is 3.72. The molecule has 0 bridgehead atoms. The van der Waals surface area contributed by atoms with Crippen LogP contribution < -0.4 is 5.32 Å². The molecule has 1 saturated heterocycles. The Balaban J connectivity index is 1.71. The van der Waals surface area contributed by atoms with Gasteiger partial charge >= 0.3 is 0 Å². The van der Waals surface area contributed by atoms with Crippen molar-refractivity contribution in [3.05, 3.63) is 23.7 Å². The Morgan fingerprint density at radius 1 is 1.37 bits per heavy atom. The minimum atomic E-state index is -2.38. The molecule has 0 unspecified atom stereocenters. The van der Waals surface area contributed by atoms with E-state index in [4.69, 9.17) is 9.15 Å². The molecule has 7 heteroatoms. The Hall–Kier alpha value is -0.630. The van der Waals surface area contributed by atoms with Gasteiger partial charge in [0.2, 0.25) is 0 Å². The average molecular weight is 293 g/mol. The highest BCUT2D eigenvalue weighted by atomic mass is 32.2. The average Bonchev–Trinajstić information content (AvgIpc) is 2.78. The maximum atomic E-state index is 12.0. The van der Waals surface area contributed by atoms with Crippen molar-refractivity contribution < 1.29 is 23.0 Å². The van der Waals surface area contributed by atoms with Crippen molar-refractivity contribution in [1.29, 1.82) is 0 Å². The first-order chi connectivity index (χ1) is 9.13. The van der Waals surface area contributed by atoms with Crippen LogP contribution in [-0.4, -0.2) is 37.2 Å². The maximum absolute atomic E-state index is 12.0. The van der Waals surface area contributed by atoms with Crippen molar-refractivity contribution in [2.75, 3.05) is 26.4 Å². The Labute approximate surface area is 114 Å². The van der Waals surface area contributed by atoms with Gasteiger partial charge in [0, 0.05) is 6.54 Å². The summed E-state index contributed by atoms with van der Waals surface area (Å²) in [6.07, 6.45) is 0. The number of halogens is 2. The van der Waals surface area contributed by atoms with Gasteiger partial charge in [0.1, 0.15) is 11.5 Å². The Morgan fingerprint density at radius 3 is 2.68 bits per heavy atom. The van der Waals surface area contributed by atoms with Crippen molar-refractivity contribution in [2.45, 2.75) is 18.1 Å². The van der Waals surface area contributed by atoms with Crippen molar-refractivity contribution in [3.8, 4) is 0 Å². The second-order valence-electron chi connectivity index (χ2n) is 4.69. The predicted molar refractivity (Wildman–Crippen MR) is 68.1 cm³/mol. The quantitative estimate of drug-likeness (QED) is 0.766. The Kier molecular flexibility index (Phi) is 5.20. The van der Waals surface area contributed by atoms with E-state index in [0.717, 1.165) is 0 Å². The summed E-state index contributed by atoms with van der Waals surface area (Å²) in [7, 11) is 0. The summed E-state index contributed by atoms with van der Waals surface area (Å²) in [5.74, 6) is -0.953. The predicted octanol–water partition coefficient (Wildman–Crippen LogP) is 1.83. The molecule has 0 aromatic carbocycles. The highest BCUT2D eigenvalue weighted by Crippen LogP contribution is 2.26. The van der Waals surface area contributed by atoms with Gasteiger partial charge in [-0.25, -0.2) is 0 Å². The van der Waals surface area contributed by atoms with Crippen LogP contribution in [0.15, 0.2) is 16.5 Å². The van der Waals surface area contributed by atoms with Crippen LogP contribution in [0, 0.1) is 5.41 Å². The summed E-state index contributed by atoms with van der Waals surface area (Å²) in [6, 6.07) is 3.48. The van der Waals surface area contributed by atoms with E-state index in [-0.39, 0.29) is 17.8 Å². The number of furan rings is 1. The molecule has 0 spiro atoms. The summed E-state index contributed by atoms with van der Waals surface area (Å²) in [5.41, 5.74) is -0.180. The van der Waals surface area contributed by atoms with Gasteiger partial charge in [-0.05, 0) is 12.1 Å². The number of nitrogens with one attached hydrogen (secondary N) is 1. The van der Waals surface area contributed by atoms with Gasteiger partial charge in [0.15, 0.2) is 0 Å². The lowest BCUT2D eigenvalue weighted by Crippen LogP contribution is -2.52. The maximum Gasteiger partial charge on any atom is 0.284 e. The van der Waals surface area contributed by atoms with Crippen molar-refractivity contribution in [1.82, 2.24) is 5.32 Å². The molecule has 2 heterocycles. The van der Waals surface area contributed by atoms with Crippen LogP contribution in [0.3, 0.4) is 0 Å².